The molecule has 27 heavy (non-hydrogen) atoms. The minimum atomic E-state index is -1.14. The van der Waals surface area contributed by atoms with Gasteiger partial charge in [0, 0.05) is 6.04 Å². The van der Waals surface area contributed by atoms with E-state index >= 15 is 0 Å². The predicted octanol–water partition coefficient (Wildman–Crippen LogP) is 0.976. The molecular formula is C17H20N6O4. The molecule has 1 aromatic heterocycles. The number of hydrogen-bond acceptors (Lipinski definition) is 7. The molecule has 10 nitrogen and oxygen atoms in total. The summed E-state index contributed by atoms with van der Waals surface area (Å²) in [6.07, 6.45) is 4.13. The first-order valence-electron chi connectivity index (χ1n) is 8.69. The van der Waals surface area contributed by atoms with Gasteiger partial charge in [-0.1, -0.05) is 25.0 Å². The molecule has 1 heterocycles. The highest BCUT2D eigenvalue weighted by Crippen LogP contribution is 2.17. The second-order valence-corrected chi connectivity index (χ2v) is 6.26. The lowest BCUT2D eigenvalue weighted by atomic mass is 10.2. The van der Waals surface area contributed by atoms with E-state index in [-0.39, 0.29) is 11.6 Å². The van der Waals surface area contributed by atoms with Gasteiger partial charge in [0.1, 0.15) is 6.33 Å². The van der Waals surface area contributed by atoms with Crippen LogP contribution in [0.2, 0.25) is 0 Å². The molecule has 0 bridgehead atoms. The summed E-state index contributed by atoms with van der Waals surface area (Å²) in [4.78, 5) is 36.4. The molecule has 0 aliphatic heterocycles. The van der Waals surface area contributed by atoms with Gasteiger partial charge in [-0.2, -0.15) is 4.68 Å². The topological polar surface area (TPSA) is 128 Å². The third kappa shape index (κ3) is 4.66. The number of para-hydroxylation sites is 1. The van der Waals surface area contributed by atoms with Crippen molar-refractivity contribution < 1.29 is 19.1 Å². The number of nitrogens with one attached hydrogen (secondary N) is 2. The fraction of sp³-hybridized carbons (Fsp3) is 0.412. The number of ether oxygens (including phenoxy) is 1. The van der Waals surface area contributed by atoms with Gasteiger partial charge >= 0.3 is 12.0 Å². The Balaban J connectivity index is 1.59. The third-order valence-electron chi connectivity index (χ3n) is 4.30. The second kappa shape index (κ2) is 8.39. The normalized spacial score (nSPS) is 15.1. The van der Waals surface area contributed by atoms with Crippen LogP contribution in [0.3, 0.4) is 0 Å². The molecule has 0 unspecified atom stereocenters. The first-order chi connectivity index (χ1) is 13.0. The smallest absolute Gasteiger partial charge is 0.341 e. The molecule has 10 heteroatoms. The fourth-order valence-corrected chi connectivity index (χ4v) is 2.90. The van der Waals surface area contributed by atoms with Crippen molar-refractivity contribution in [1.29, 1.82) is 0 Å². The quantitative estimate of drug-likeness (QED) is 0.749. The lowest BCUT2D eigenvalue weighted by Crippen LogP contribution is -2.47. The zero-order chi connectivity index (χ0) is 19.2. The molecule has 2 aromatic rings. The Morgan fingerprint density at radius 1 is 1.22 bits per heavy atom. The monoisotopic (exact) mass is 372 g/mol. The van der Waals surface area contributed by atoms with Crippen LogP contribution in [-0.2, 0) is 9.53 Å². The summed E-state index contributed by atoms with van der Waals surface area (Å²) >= 11 is 0. The van der Waals surface area contributed by atoms with E-state index in [0.717, 1.165) is 25.7 Å². The summed E-state index contributed by atoms with van der Waals surface area (Å²) in [7, 11) is 0. The van der Waals surface area contributed by atoms with Crippen LogP contribution in [0.5, 0.6) is 0 Å². The van der Waals surface area contributed by atoms with Crippen molar-refractivity contribution >= 4 is 17.9 Å². The van der Waals surface area contributed by atoms with Gasteiger partial charge in [-0.15, -0.1) is 5.10 Å². The zero-order valence-corrected chi connectivity index (χ0v) is 14.8. The second-order valence-electron chi connectivity index (χ2n) is 6.26. The van der Waals surface area contributed by atoms with Crippen LogP contribution in [0.15, 0.2) is 30.6 Å². The van der Waals surface area contributed by atoms with E-state index in [1.807, 2.05) is 0 Å². The van der Waals surface area contributed by atoms with Crippen molar-refractivity contribution in [1.82, 2.24) is 30.8 Å². The maximum Gasteiger partial charge on any atom is 0.341 e. The van der Waals surface area contributed by atoms with E-state index in [9.17, 15) is 14.4 Å². The Morgan fingerprint density at radius 2 is 1.96 bits per heavy atom. The molecule has 1 atom stereocenters. The van der Waals surface area contributed by atoms with E-state index < -0.39 is 24.0 Å². The van der Waals surface area contributed by atoms with Crippen molar-refractivity contribution in [2.75, 3.05) is 0 Å². The summed E-state index contributed by atoms with van der Waals surface area (Å²) in [6, 6.07) is 6.06. The summed E-state index contributed by atoms with van der Waals surface area (Å²) < 4.78 is 6.51. The number of nitrogens with zero attached hydrogens (tertiary/aromatic N) is 4. The molecule has 1 fully saturated rings. The molecule has 142 valence electrons. The highest BCUT2D eigenvalue weighted by Gasteiger charge is 2.24. The molecule has 3 amide bonds. The Bertz CT molecular complexity index is 817. The molecule has 1 aliphatic carbocycles. The standard InChI is InChI=1S/C17H20N6O4/c1-11(15(24)20-17(26)19-12-6-2-3-7-12)27-16(25)13-8-4-5-9-14(13)23-10-18-21-22-23/h4-5,8-12H,2-3,6-7H2,1H3,(H2,19,20,24,26)/t11-/m1/s1. The third-order valence-corrected chi connectivity index (χ3v) is 4.30. The SMILES string of the molecule is C[C@@H](OC(=O)c1ccccc1-n1cnnn1)C(=O)NC(=O)NC1CCCC1. The number of benzene rings is 1. The van der Waals surface area contributed by atoms with Crippen LogP contribution >= 0.6 is 0 Å². The largest absolute Gasteiger partial charge is 0.449 e. The molecular weight excluding hydrogens is 352 g/mol. The van der Waals surface area contributed by atoms with Crippen molar-refractivity contribution in [2.45, 2.75) is 44.8 Å². The Kier molecular flexibility index (Phi) is 5.74. The van der Waals surface area contributed by atoms with Gasteiger partial charge in [-0.3, -0.25) is 10.1 Å². The number of imide groups is 1. The van der Waals surface area contributed by atoms with E-state index in [0.29, 0.717) is 5.69 Å². The van der Waals surface area contributed by atoms with E-state index in [4.69, 9.17) is 4.74 Å². The van der Waals surface area contributed by atoms with Gasteiger partial charge in [-0.05, 0) is 42.3 Å². The van der Waals surface area contributed by atoms with Crippen LogP contribution in [0.4, 0.5) is 4.79 Å². The molecule has 1 aromatic carbocycles. The molecule has 3 rings (SSSR count). The number of urea groups is 1. The number of esters is 1. The molecule has 2 N–H and O–H groups in total. The minimum Gasteiger partial charge on any atom is -0.449 e. The van der Waals surface area contributed by atoms with Crippen molar-refractivity contribution in [3.05, 3.63) is 36.2 Å². The maximum absolute atomic E-state index is 12.5. The first-order valence-corrected chi connectivity index (χ1v) is 8.69. The predicted molar refractivity (Wildman–Crippen MR) is 93.0 cm³/mol. The van der Waals surface area contributed by atoms with E-state index in [1.165, 1.54) is 24.0 Å². The summed E-state index contributed by atoms with van der Waals surface area (Å²) in [6.45, 7) is 1.40. The number of carbonyl (C=O) groups is 3. The zero-order valence-electron chi connectivity index (χ0n) is 14.8. The van der Waals surface area contributed by atoms with Gasteiger partial charge in [0.25, 0.3) is 5.91 Å². The minimum absolute atomic E-state index is 0.0822. The summed E-state index contributed by atoms with van der Waals surface area (Å²) in [5.41, 5.74) is 0.610. The van der Waals surface area contributed by atoms with Crippen molar-refractivity contribution in [3.8, 4) is 5.69 Å². The highest BCUT2D eigenvalue weighted by molar-refractivity contribution is 5.99. The van der Waals surface area contributed by atoms with E-state index in [2.05, 4.69) is 26.2 Å². The Hall–Kier alpha value is -3.30. The lowest BCUT2D eigenvalue weighted by Gasteiger charge is -2.16. The van der Waals surface area contributed by atoms with E-state index in [1.54, 1.807) is 18.2 Å². The Morgan fingerprint density at radius 3 is 2.67 bits per heavy atom. The average molecular weight is 372 g/mol. The molecule has 1 aliphatic rings. The van der Waals surface area contributed by atoms with Gasteiger partial charge in [0.05, 0.1) is 11.3 Å². The number of amides is 3. The molecule has 0 spiro atoms. The lowest BCUT2D eigenvalue weighted by molar-refractivity contribution is -0.127. The molecule has 1 saturated carbocycles. The van der Waals surface area contributed by atoms with Gasteiger partial charge in [0.2, 0.25) is 0 Å². The van der Waals surface area contributed by atoms with Crippen LogP contribution in [0, 0.1) is 0 Å². The first kappa shape index (κ1) is 18.5. The van der Waals surface area contributed by atoms with Crippen molar-refractivity contribution in [2.24, 2.45) is 0 Å². The Labute approximate surface area is 155 Å². The molecule has 0 saturated heterocycles. The van der Waals surface area contributed by atoms with Gasteiger partial charge < -0.3 is 10.1 Å². The van der Waals surface area contributed by atoms with Crippen LogP contribution in [0.1, 0.15) is 43.0 Å². The van der Waals surface area contributed by atoms with Gasteiger partial charge in [0.15, 0.2) is 6.10 Å². The number of tetrazole rings is 1. The summed E-state index contributed by atoms with van der Waals surface area (Å²) in [5.74, 6) is -1.42. The number of hydrogen-bond donors (Lipinski definition) is 2. The van der Waals surface area contributed by atoms with Crippen LogP contribution in [-0.4, -0.2) is 50.3 Å². The van der Waals surface area contributed by atoms with Crippen molar-refractivity contribution in [3.63, 3.8) is 0 Å². The summed E-state index contributed by atoms with van der Waals surface area (Å²) in [5, 5.41) is 15.8. The van der Waals surface area contributed by atoms with Gasteiger partial charge in [-0.25, -0.2) is 9.59 Å². The fourth-order valence-electron chi connectivity index (χ4n) is 2.90. The number of rotatable bonds is 5. The maximum atomic E-state index is 12.5. The number of aromatic nitrogens is 4. The molecule has 0 radical (unpaired) electrons. The van der Waals surface area contributed by atoms with Crippen LogP contribution in [0.25, 0.3) is 5.69 Å². The van der Waals surface area contributed by atoms with Crippen LogP contribution < -0.4 is 10.6 Å². The highest BCUT2D eigenvalue weighted by atomic mass is 16.5. The average Bonchev–Trinajstić information content (AvgIpc) is 3.35. The number of carbonyl (C=O) groups excluding carboxylic acids is 3.